The number of benzene rings is 2. The Labute approximate surface area is 238 Å². The van der Waals surface area contributed by atoms with Crippen molar-refractivity contribution in [2.45, 2.75) is 74.1 Å². The van der Waals surface area contributed by atoms with E-state index in [4.69, 9.17) is 21.3 Å². The lowest BCUT2D eigenvalue weighted by atomic mass is 9.91. The van der Waals surface area contributed by atoms with Gasteiger partial charge < -0.3 is 20.4 Å². The number of anilines is 1. The molecule has 0 aliphatic heterocycles. The number of hydrogen-bond donors (Lipinski definition) is 3. The molecule has 5 rings (SSSR count). The highest BCUT2D eigenvalue weighted by atomic mass is 35.5. The summed E-state index contributed by atoms with van der Waals surface area (Å²) in [5.74, 6) is 0.358. The van der Waals surface area contributed by atoms with Crippen LogP contribution in [0.4, 0.5) is 10.7 Å². The van der Waals surface area contributed by atoms with Gasteiger partial charge >= 0.3 is 6.09 Å². The molecular weight excluding hydrogens is 550 g/mol. The van der Waals surface area contributed by atoms with Crippen LogP contribution in [0.1, 0.15) is 46.5 Å². The second kappa shape index (κ2) is 11.1. The lowest BCUT2D eigenvalue weighted by molar-refractivity contribution is 0.0492. The minimum Gasteiger partial charge on any atom is -0.444 e. The summed E-state index contributed by atoms with van der Waals surface area (Å²) in [4.78, 5) is 24.5. The van der Waals surface area contributed by atoms with Gasteiger partial charge in [0, 0.05) is 28.6 Å². The lowest BCUT2D eigenvalue weighted by Crippen LogP contribution is -2.42. The normalized spacial score (nSPS) is 17.9. The first-order chi connectivity index (χ1) is 19.0. The van der Waals surface area contributed by atoms with Crippen LogP contribution in [0, 0.1) is 0 Å². The van der Waals surface area contributed by atoms with Crippen LogP contribution in [-0.4, -0.2) is 47.1 Å². The summed E-state index contributed by atoms with van der Waals surface area (Å²) < 4.78 is 32.8. The minimum atomic E-state index is -3.90. The highest BCUT2D eigenvalue weighted by molar-refractivity contribution is 7.91. The number of alkyl carbamates (subject to hydrolysis) is 1. The topological polar surface area (TPSA) is 126 Å². The maximum Gasteiger partial charge on any atom is 0.407 e. The fraction of sp³-hybridized carbons (Fsp3) is 0.345. The van der Waals surface area contributed by atoms with Crippen molar-refractivity contribution >= 4 is 44.4 Å². The van der Waals surface area contributed by atoms with Crippen molar-refractivity contribution in [2.24, 2.45) is 0 Å². The summed E-state index contributed by atoms with van der Waals surface area (Å²) in [6.07, 6.45) is 4.22. The summed E-state index contributed by atoms with van der Waals surface area (Å²) >= 11 is 6.60. The highest BCUT2D eigenvalue weighted by Gasteiger charge is 2.29. The molecule has 40 heavy (non-hydrogen) atoms. The Morgan fingerprint density at radius 2 is 1.65 bits per heavy atom. The van der Waals surface area contributed by atoms with Crippen molar-refractivity contribution in [1.29, 1.82) is 0 Å². The molecule has 2 aromatic heterocycles. The average Bonchev–Trinajstić information content (AvgIpc) is 3.31. The van der Waals surface area contributed by atoms with Gasteiger partial charge in [-0.25, -0.2) is 23.2 Å². The van der Waals surface area contributed by atoms with Crippen LogP contribution in [0.2, 0.25) is 5.02 Å². The van der Waals surface area contributed by atoms with E-state index < -0.39 is 21.5 Å². The highest BCUT2D eigenvalue weighted by Crippen LogP contribution is 2.39. The first-order valence-corrected chi connectivity index (χ1v) is 15.1. The van der Waals surface area contributed by atoms with E-state index in [1.165, 1.54) is 6.20 Å². The maximum atomic E-state index is 13.7. The monoisotopic (exact) mass is 581 g/mol. The van der Waals surface area contributed by atoms with Crippen LogP contribution < -0.4 is 10.6 Å². The minimum absolute atomic E-state index is 0.0279. The van der Waals surface area contributed by atoms with Gasteiger partial charge in [-0.1, -0.05) is 48.0 Å². The van der Waals surface area contributed by atoms with Crippen LogP contribution in [-0.2, 0) is 14.6 Å². The second-order valence-corrected chi connectivity index (χ2v) is 13.2. The number of aromatic nitrogens is 3. The van der Waals surface area contributed by atoms with Gasteiger partial charge in [0.05, 0.1) is 21.8 Å². The smallest absolute Gasteiger partial charge is 0.407 e. The van der Waals surface area contributed by atoms with Gasteiger partial charge in [0.2, 0.25) is 15.8 Å². The third-order valence-corrected chi connectivity index (χ3v) is 8.77. The zero-order valence-electron chi connectivity index (χ0n) is 22.6. The number of H-pyrrole nitrogens is 1. The molecule has 1 aliphatic carbocycles. The zero-order valence-corrected chi connectivity index (χ0v) is 24.1. The Bertz CT molecular complexity index is 1630. The third kappa shape index (κ3) is 6.08. The standard InChI is InChI=1S/C29H32ClN5O4S/c1-29(2,3)39-28(36)33-19-15-13-18(14-16-19)32-27-31-17-22(30)25(35-27)24-21-11-7-8-12-23(21)34-26(24)40(37,38)20-9-5-4-6-10-20/h4-12,17-19,34H,13-16H2,1-3H3,(H,33,36)(H,31,32,35). The van der Waals surface area contributed by atoms with Crippen molar-refractivity contribution < 1.29 is 17.9 Å². The number of para-hydroxylation sites is 1. The lowest BCUT2D eigenvalue weighted by Gasteiger charge is -2.30. The molecule has 0 saturated heterocycles. The zero-order chi connectivity index (χ0) is 28.5. The number of nitrogens with zero attached hydrogens (tertiary/aromatic N) is 2. The summed E-state index contributed by atoms with van der Waals surface area (Å²) in [5, 5.41) is 7.28. The van der Waals surface area contributed by atoms with Crippen molar-refractivity contribution in [3.05, 3.63) is 65.8 Å². The molecular formula is C29H32ClN5O4S. The first-order valence-electron chi connectivity index (χ1n) is 13.2. The Balaban J connectivity index is 1.40. The van der Waals surface area contributed by atoms with Gasteiger partial charge in [-0.2, -0.15) is 0 Å². The molecule has 11 heteroatoms. The predicted molar refractivity (Wildman–Crippen MR) is 155 cm³/mol. The number of aromatic amines is 1. The molecule has 0 spiro atoms. The molecule has 1 aliphatic rings. The van der Waals surface area contributed by atoms with Gasteiger partial charge in [0.15, 0.2) is 0 Å². The number of amides is 1. The van der Waals surface area contributed by atoms with Crippen LogP contribution in [0.5, 0.6) is 0 Å². The quantitative estimate of drug-likeness (QED) is 0.242. The molecule has 1 saturated carbocycles. The number of nitrogens with one attached hydrogen (secondary N) is 3. The second-order valence-electron chi connectivity index (χ2n) is 10.9. The van der Waals surface area contributed by atoms with E-state index in [9.17, 15) is 13.2 Å². The van der Waals surface area contributed by atoms with E-state index in [0.29, 0.717) is 28.1 Å². The Hall–Kier alpha value is -3.63. The molecule has 3 N–H and O–H groups in total. The van der Waals surface area contributed by atoms with E-state index in [-0.39, 0.29) is 27.0 Å². The molecule has 2 aromatic carbocycles. The molecule has 1 amide bonds. The number of ether oxygens (including phenoxy) is 1. The third-order valence-electron chi connectivity index (χ3n) is 6.76. The maximum absolute atomic E-state index is 13.7. The Morgan fingerprint density at radius 3 is 2.35 bits per heavy atom. The molecule has 1 fully saturated rings. The van der Waals surface area contributed by atoms with Crippen LogP contribution >= 0.6 is 11.6 Å². The summed E-state index contributed by atoms with van der Waals surface area (Å²) in [6, 6.07) is 15.7. The van der Waals surface area contributed by atoms with E-state index >= 15 is 0 Å². The van der Waals surface area contributed by atoms with Gasteiger partial charge in [0.25, 0.3) is 0 Å². The van der Waals surface area contributed by atoms with Gasteiger partial charge in [-0.3, -0.25) is 0 Å². The number of carbonyl (C=O) groups is 1. The molecule has 0 radical (unpaired) electrons. The van der Waals surface area contributed by atoms with Gasteiger partial charge in [-0.15, -0.1) is 0 Å². The fourth-order valence-corrected chi connectivity index (χ4v) is 6.58. The van der Waals surface area contributed by atoms with E-state index in [2.05, 4.69) is 20.6 Å². The number of fused-ring (bicyclic) bond motifs is 1. The van der Waals surface area contributed by atoms with E-state index in [0.717, 1.165) is 25.7 Å². The Morgan fingerprint density at radius 1 is 1.00 bits per heavy atom. The number of hydrogen-bond acceptors (Lipinski definition) is 7. The molecule has 210 valence electrons. The predicted octanol–water partition coefficient (Wildman–Crippen LogP) is 6.36. The molecule has 9 nitrogen and oxygen atoms in total. The Kier molecular flexibility index (Phi) is 7.74. The molecule has 0 unspecified atom stereocenters. The molecule has 0 atom stereocenters. The van der Waals surface area contributed by atoms with Crippen LogP contribution in [0.15, 0.2) is 70.7 Å². The van der Waals surface area contributed by atoms with E-state index in [1.54, 1.807) is 30.3 Å². The summed E-state index contributed by atoms with van der Waals surface area (Å²) in [6.45, 7) is 5.51. The fourth-order valence-electron chi connectivity index (χ4n) is 4.92. The van der Waals surface area contributed by atoms with E-state index in [1.807, 2.05) is 45.0 Å². The number of carbonyl (C=O) groups excluding carboxylic acids is 1. The largest absolute Gasteiger partial charge is 0.444 e. The van der Waals surface area contributed by atoms with Crippen molar-refractivity contribution in [2.75, 3.05) is 5.32 Å². The first kappa shape index (κ1) is 27.9. The number of sulfone groups is 1. The van der Waals surface area contributed by atoms with Crippen molar-refractivity contribution in [3.8, 4) is 11.3 Å². The number of halogens is 1. The van der Waals surface area contributed by atoms with Crippen molar-refractivity contribution in [3.63, 3.8) is 0 Å². The van der Waals surface area contributed by atoms with Gasteiger partial charge in [-0.05, 0) is 64.7 Å². The summed E-state index contributed by atoms with van der Waals surface area (Å²) in [5.41, 5.74) is 0.843. The van der Waals surface area contributed by atoms with Gasteiger partial charge in [0.1, 0.15) is 10.6 Å². The van der Waals surface area contributed by atoms with Crippen LogP contribution in [0.3, 0.4) is 0 Å². The molecule has 4 aromatic rings. The van der Waals surface area contributed by atoms with Crippen molar-refractivity contribution in [1.82, 2.24) is 20.3 Å². The molecule has 0 bridgehead atoms. The van der Waals surface area contributed by atoms with Crippen LogP contribution in [0.25, 0.3) is 22.2 Å². The SMILES string of the molecule is CC(C)(C)OC(=O)NC1CCC(Nc2ncc(Cl)c(-c3c(S(=O)(=O)c4ccccc4)[nH]c4ccccc34)n2)CC1. The number of rotatable bonds is 6. The summed E-state index contributed by atoms with van der Waals surface area (Å²) in [7, 11) is -3.90. The average molecular weight is 582 g/mol. The molecule has 2 heterocycles.